The fourth-order valence-corrected chi connectivity index (χ4v) is 9.23. The van der Waals surface area contributed by atoms with Crippen LogP contribution in [0.2, 0.25) is 0 Å². The van der Waals surface area contributed by atoms with E-state index in [-0.39, 0.29) is 0 Å². The molecule has 0 aliphatic heterocycles. The van der Waals surface area contributed by atoms with Crippen LogP contribution in [0, 0.1) is 0 Å². The highest BCUT2D eigenvalue weighted by molar-refractivity contribution is 6.10. The predicted molar refractivity (Wildman–Crippen MR) is 257 cm³/mol. The molecule has 3 heteroatoms. The van der Waals surface area contributed by atoms with Crippen molar-refractivity contribution in [1.29, 1.82) is 0 Å². The van der Waals surface area contributed by atoms with Gasteiger partial charge in [-0.25, -0.2) is 0 Å². The smallest absolute Gasteiger partial charge is 0.137 e. The Morgan fingerprint density at radius 2 is 0.869 bits per heavy atom. The zero-order valence-electron chi connectivity index (χ0n) is 33.2. The number of nitrogens with zero attached hydrogens (tertiary/aromatic N) is 2. The molecule has 0 unspecified atom stereocenters. The fraction of sp³-hybridized carbons (Fsp3) is 0. The van der Waals surface area contributed by atoms with Crippen molar-refractivity contribution >= 4 is 71.6 Å². The molecule has 3 nitrogen and oxygen atoms in total. The molecule has 0 aliphatic rings. The van der Waals surface area contributed by atoms with Gasteiger partial charge in [0.05, 0.1) is 16.7 Å². The Kier molecular flexibility index (Phi) is 8.17. The highest BCUT2D eigenvalue weighted by Crippen LogP contribution is 2.41. The number of para-hydroxylation sites is 4. The van der Waals surface area contributed by atoms with E-state index >= 15 is 0 Å². The largest absolute Gasteiger partial charge is 0.456 e. The maximum atomic E-state index is 6.41. The van der Waals surface area contributed by atoms with Gasteiger partial charge in [0.15, 0.2) is 0 Å². The lowest BCUT2D eigenvalue weighted by Crippen LogP contribution is -2.10. The van der Waals surface area contributed by atoms with Gasteiger partial charge in [0.1, 0.15) is 11.2 Å². The fourth-order valence-electron chi connectivity index (χ4n) is 9.23. The average Bonchev–Trinajstić information content (AvgIpc) is 3.87. The second-order valence-electron chi connectivity index (χ2n) is 15.7. The van der Waals surface area contributed by atoms with E-state index in [1.165, 1.54) is 55.0 Å². The lowest BCUT2D eigenvalue weighted by Gasteiger charge is -2.26. The summed E-state index contributed by atoms with van der Waals surface area (Å²) in [6.45, 7) is 0. The Hall–Kier alpha value is -8.14. The van der Waals surface area contributed by atoms with Crippen LogP contribution in [0.25, 0.3) is 93.6 Å². The Bertz CT molecular complexity index is 3540. The van der Waals surface area contributed by atoms with Crippen LogP contribution in [0.4, 0.5) is 17.1 Å². The minimum absolute atomic E-state index is 0.866. The number of furan rings is 1. The van der Waals surface area contributed by atoms with Gasteiger partial charge in [0, 0.05) is 50.2 Å². The second-order valence-corrected chi connectivity index (χ2v) is 15.7. The van der Waals surface area contributed by atoms with E-state index < -0.39 is 0 Å². The molecule has 12 aromatic rings. The van der Waals surface area contributed by atoms with Crippen molar-refractivity contribution in [2.45, 2.75) is 0 Å². The van der Waals surface area contributed by atoms with Crippen molar-refractivity contribution in [2.75, 3.05) is 4.90 Å². The molecule has 0 aliphatic carbocycles. The lowest BCUT2D eigenvalue weighted by molar-refractivity contribution is 0.669. The molecule has 0 N–H and O–H groups in total. The van der Waals surface area contributed by atoms with Gasteiger partial charge in [-0.3, -0.25) is 0 Å². The number of rotatable bonds is 7. The number of benzene rings is 10. The monoisotopic (exact) mass is 778 g/mol. The molecular formula is C58H38N2O. The minimum Gasteiger partial charge on any atom is -0.456 e. The number of hydrogen-bond acceptors (Lipinski definition) is 2. The van der Waals surface area contributed by atoms with Crippen LogP contribution in [-0.4, -0.2) is 4.57 Å². The molecule has 286 valence electrons. The van der Waals surface area contributed by atoms with Crippen molar-refractivity contribution in [3.05, 3.63) is 231 Å². The summed E-state index contributed by atoms with van der Waals surface area (Å²) in [7, 11) is 0. The van der Waals surface area contributed by atoms with E-state index in [0.717, 1.165) is 55.7 Å². The number of fused-ring (bicyclic) bond motifs is 7. The number of hydrogen-bond donors (Lipinski definition) is 0. The van der Waals surface area contributed by atoms with E-state index in [2.05, 4.69) is 228 Å². The van der Waals surface area contributed by atoms with Crippen molar-refractivity contribution in [2.24, 2.45) is 0 Å². The van der Waals surface area contributed by atoms with Gasteiger partial charge < -0.3 is 13.9 Å². The number of anilines is 3. The summed E-state index contributed by atoms with van der Waals surface area (Å²) in [4.78, 5) is 2.33. The van der Waals surface area contributed by atoms with Gasteiger partial charge in [0.25, 0.3) is 0 Å². The molecule has 61 heavy (non-hydrogen) atoms. The van der Waals surface area contributed by atoms with Gasteiger partial charge in [-0.2, -0.15) is 0 Å². The normalized spacial score (nSPS) is 11.6. The maximum absolute atomic E-state index is 6.41. The first-order valence-corrected chi connectivity index (χ1v) is 20.8. The summed E-state index contributed by atoms with van der Waals surface area (Å²) in [5, 5.41) is 7.23. The van der Waals surface area contributed by atoms with E-state index in [0.29, 0.717) is 0 Å². The third-order valence-corrected chi connectivity index (χ3v) is 12.2. The van der Waals surface area contributed by atoms with Crippen LogP contribution in [0.15, 0.2) is 235 Å². The Labute approximate surface area is 353 Å². The van der Waals surface area contributed by atoms with Crippen molar-refractivity contribution in [3.8, 4) is 39.1 Å². The molecule has 12 rings (SSSR count). The van der Waals surface area contributed by atoms with E-state index in [9.17, 15) is 0 Å². The van der Waals surface area contributed by atoms with Gasteiger partial charge >= 0.3 is 0 Å². The Morgan fingerprint density at radius 1 is 0.311 bits per heavy atom. The maximum Gasteiger partial charge on any atom is 0.137 e. The Morgan fingerprint density at radius 3 is 1.66 bits per heavy atom. The minimum atomic E-state index is 0.866. The standard InChI is InChI=1S/C58H38N2O/c1-2-13-43-36-45(29-26-39(43)12-1)44-14-11-15-47(37-44)59(48-34-35-53-52-19-6-10-23-57(52)61-58(53)38-48)46-32-30-41(31-33-46)40-24-27-42(28-25-40)49-16-3-7-20-54(49)60-55-21-8-4-17-50(55)51-18-5-9-22-56(51)60/h1-38H. The van der Waals surface area contributed by atoms with Crippen molar-refractivity contribution in [3.63, 3.8) is 0 Å². The third-order valence-electron chi connectivity index (χ3n) is 12.2. The van der Waals surface area contributed by atoms with Gasteiger partial charge in [-0.05, 0) is 105 Å². The average molecular weight is 779 g/mol. The van der Waals surface area contributed by atoms with Crippen LogP contribution in [0.5, 0.6) is 0 Å². The second kappa shape index (κ2) is 14.3. The number of aromatic nitrogens is 1. The first-order chi connectivity index (χ1) is 30.2. The highest BCUT2D eigenvalue weighted by Gasteiger charge is 2.18. The summed E-state index contributed by atoms with van der Waals surface area (Å²) < 4.78 is 8.81. The van der Waals surface area contributed by atoms with E-state index in [1.807, 2.05) is 12.1 Å². The first kappa shape index (κ1) is 34.9. The zero-order valence-corrected chi connectivity index (χ0v) is 33.2. The van der Waals surface area contributed by atoms with Gasteiger partial charge in [-0.15, -0.1) is 0 Å². The summed E-state index contributed by atoms with van der Waals surface area (Å²) in [6, 6.07) is 82.9. The summed E-state index contributed by atoms with van der Waals surface area (Å²) in [6.07, 6.45) is 0. The van der Waals surface area contributed by atoms with E-state index in [1.54, 1.807) is 0 Å². The molecule has 2 heterocycles. The molecule has 10 aromatic carbocycles. The molecule has 2 aromatic heterocycles. The predicted octanol–water partition coefficient (Wildman–Crippen LogP) is 16.3. The van der Waals surface area contributed by atoms with Gasteiger partial charge in [0.2, 0.25) is 0 Å². The summed E-state index contributed by atoms with van der Waals surface area (Å²) in [5.41, 5.74) is 15.5. The van der Waals surface area contributed by atoms with E-state index in [4.69, 9.17) is 4.42 Å². The quantitative estimate of drug-likeness (QED) is 0.161. The van der Waals surface area contributed by atoms with Crippen molar-refractivity contribution in [1.82, 2.24) is 4.57 Å². The topological polar surface area (TPSA) is 21.3 Å². The lowest BCUT2D eigenvalue weighted by atomic mass is 9.98. The zero-order chi connectivity index (χ0) is 40.3. The summed E-state index contributed by atoms with van der Waals surface area (Å²) in [5.74, 6) is 0. The van der Waals surface area contributed by atoms with Crippen LogP contribution in [0.1, 0.15) is 0 Å². The van der Waals surface area contributed by atoms with Crippen LogP contribution >= 0.6 is 0 Å². The molecule has 0 saturated carbocycles. The molecule has 0 amide bonds. The molecule has 0 spiro atoms. The summed E-state index contributed by atoms with van der Waals surface area (Å²) >= 11 is 0. The first-order valence-electron chi connectivity index (χ1n) is 20.8. The SMILES string of the molecule is c1cc(-c2ccc3ccccc3c2)cc(N(c2ccc(-c3ccc(-c4ccccc4-n4c5ccccc5c5ccccc54)cc3)cc2)c2ccc3c(c2)oc2ccccc23)c1. The van der Waals surface area contributed by atoms with Gasteiger partial charge in [-0.1, -0.05) is 158 Å². The van der Waals surface area contributed by atoms with Crippen LogP contribution in [-0.2, 0) is 0 Å². The molecule has 0 saturated heterocycles. The molecule has 0 bridgehead atoms. The Balaban J connectivity index is 0.916. The van der Waals surface area contributed by atoms with Crippen LogP contribution < -0.4 is 4.90 Å². The molecule has 0 atom stereocenters. The molecular weight excluding hydrogens is 741 g/mol. The highest BCUT2D eigenvalue weighted by atomic mass is 16.3. The molecule has 0 fully saturated rings. The third kappa shape index (κ3) is 5.98. The van der Waals surface area contributed by atoms with Crippen molar-refractivity contribution < 1.29 is 4.42 Å². The van der Waals surface area contributed by atoms with Crippen LogP contribution in [0.3, 0.4) is 0 Å². The molecule has 0 radical (unpaired) electrons.